The number of ether oxygens (including phenoxy) is 1. The molecule has 0 aliphatic carbocycles. The van der Waals surface area contributed by atoms with Gasteiger partial charge in [-0.1, -0.05) is 6.07 Å². The zero-order chi connectivity index (χ0) is 22.2. The summed E-state index contributed by atoms with van der Waals surface area (Å²) < 4.78 is 56.0. The Morgan fingerprint density at radius 1 is 1.06 bits per heavy atom. The lowest BCUT2D eigenvalue weighted by molar-refractivity contribution is -0.129. The minimum Gasteiger partial charge on any atom is -0.435 e. The number of amides is 1. The molecule has 0 saturated carbocycles. The number of aromatic nitrogens is 1. The van der Waals surface area contributed by atoms with E-state index in [9.17, 15) is 22.0 Å². The first-order chi connectivity index (χ1) is 14.7. The molecule has 0 unspecified atom stereocenters. The normalized spacial score (nSPS) is 16.8. The van der Waals surface area contributed by atoms with Crippen molar-refractivity contribution in [2.45, 2.75) is 24.9 Å². The molecule has 7 nitrogen and oxygen atoms in total. The van der Waals surface area contributed by atoms with Crippen molar-refractivity contribution in [2.75, 3.05) is 26.2 Å². The molecule has 0 spiro atoms. The molecule has 0 saturated heterocycles. The van der Waals surface area contributed by atoms with Crippen LogP contribution in [-0.2, 0) is 21.2 Å². The van der Waals surface area contributed by atoms with E-state index in [0.29, 0.717) is 13.1 Å². The second-order valence-electron chi connectivity index (χ2n) is 7.56. The number of pyridine rings is 1. The first-order valence-electron chi connectivity index (χ1n) is 9.66. The van der Waals surface area contributed by atoms with Gasteiger partial charge in [0.05, 0.1) is 11.3 Å². The maximum atomic E-state index is 12.9. The van der Waals surface area contributed by atoms with E-state index in [2.05, 4.69) is 9.72 Å². The average Bonchev–Trinajstić information content (AvgIpc) is 3.29. The van der Waals surface area contributed by atoms with Crippen molar-refractivity contribution in [3.8, 4) is 5.75 Å². The maximum absolute atomic E-state index is 12.9. The van der Waals surface area contributed by atoms with E-state index in [1.54, 1.807) is 11.1 Å². The summed E-state index contributed by atoms with van der Waals surface area (Å²) >= 11 is 0. The lowest BCUT2D eigenvalue weighted by atomic mass is 10.2. The number of nitrogens with zero attached hydrogens (tertiary/aromatic N) is 3. The van der Waals surface area contributed by atoms with Gasteiger partial charge in [-0.25, -0.2) is 8.42 Å². The second kappa shape index (κ2) is 8.35. The third kappa shape index (κ3) is 4.59. The van der Waals surface area contributed by atoms with Gasteiger partial charge in [-0.15, -0.1) is 0 Å². The van der Waals surface area contributed by atoms with E-state index < -0.39 is 16.6 Å². The highest BCUT2D eigenvalue weighted by Crippen LogP contribution is 2.30. The van der Waals surface area contributed by atoms with Crippen LogP contribution in [0.5, 0.6) is 5.75 Å². The molecule has 2 aliphatic rings. The van der Waals surface area contributed by atoms with Gasteiger partial charge in [0.1, 0.15) is 5.75 Å². The van der Waals surface area contributed by atoms with Gasteiger partial charge >= 0.3 is 6.61 Å². The number of aryl methyl sites for hydroxylation is 1. The number of benzene rings is 1. The minimum atomic E-state index is -3.78. The molecule has 1 amide bonds. The lowest BCUT2D eigenvalue weighted by Gasteiger charge is -2.23. The monoisotopic (exact) mass is 449 g/mol. The van der Waals surface area contributed by atoms with E-state index in [1.165, 1.54) is 28.6 Å². The first kappa shape index (κ1) is 21.4. The third-order valence-electron chi connectivity index (χ3n) is 5.37. The largest absolute Gasteiger partial charge is 0.435 e. The molecule has 1 aromatic carbocycles. The Labute approximate surface area is 179 Å². The Kier molecular flexibility index (Phi) is 5.76. The number of carbonyl (C=O) groups is 1. The van der Waals surface area contributed by atoms with Crippen LogP contribution in [0.25, 0.3) is 0 Å². The fourth-order valence-corrected chi connectivity index (χ4v) is 5.15. The molecule has 2 aliphatic heterocycles. The zero-order valence-electron chi connectivity index (χ0n) is 16.8. The predicted molar refractivity (Wildman–Crippen MR) is 108 cm³/mol. The Morgan fingerprint density at radius 3 is 2.26 bits per heavy atom. The standard InChI is InChI=1S/C21H21F2N3O4S/c1-14-2-3-15(9-24-14)8-20(27)25-10-16-12-26(13-17(16)11-25)31(28,29)19-6-4-18(5-7-19)30-21(22)23/h2-7,9,21H,8,10-13H2,1H3. The number of rotatable bonds is 6. The van der Waals surface area contributed by atoms with Crippen LogP contribution in [0, 0.1) is 6.92 Å². The summed E-state index contributed by atoms with van der Waals surface area (Å²) in [6.07, 6.45) is 1.94. The molecule has 164 valence electrons. The third-order valence-corrected chi connectivity index (χ3v) is 7.17. The summed E-state index contributed by atoms with van der Waals surface area (Å²) in [6.45, 7) is 0.139. The Bertz CT molecular complexity index is 1100. The summed E-state index contributed by atoms with van der Waals surface area (Å²) in [7, 11) is -3.78. The Hall–Kier alpha value is -2.85. The zero-order valence-corrected chi connectivity index (χ0v) is 17.6. The molecule has 10 heteroatoms. The van der Waals surface area contributed by atoms with Crippen LogP contribution in [0.2, 0.25) is 0 Å². The number of hydrogen-bond acceptors (Lipinski definition) is 5. The Balaban J connectivity index is 1.36. The molecule has 0 bridgehead atoms. The van der Waals surface area contributed by atoms with Crippen LogP contribution in [-0.4, -0.2) is 61.3 Å². The van der Waals surface area contributed by atoms with Crippen LogP contribution < -0.4 is 4.74 Å². The van der Waals surface area contributed by atoms with Gasteiger partial charge in [0.15, 0.2) is 0 Å². The lowest BCUT2D eigenvalue weighted by Crippen LogP contribution is -2.37. The molecule has 31 heavy (non-hydrogen) atoms. The number of sulfonamides is 1. The quantitative estimate of drug-likeness (QED) is 0.633. The van der Waals surface area contributed by atoms with Crippen molar-refractivity contribution >= 4 is 15.9 Å². The molecule has 4 rings (SSSR count). The Morgan fingerprint density at radius 2 is 1.71 bits per heavy atom. The predicted octanol–water partition coefficient (Wildman–Crippen LogP) is 2.38. The van der Waals surface area contributed by atoms with E-state index in [4.69, 9.17) is 0 Å². The van der Waals surface area contributed by atoms with Crippen molar-refractivity contribution in [1.82, 2.24) is 14.2 Å². The molecule has 0 fully saturated rings. The van der Waals surface area contributed by atoms with E-state index in [1.807, 2.05) is 19.1 Å². The molecule has 2 aromatic rings. The van der Waals surface area contributed by atoms with Crippen LogP contribution in [0.1, 0.15) is 11.3 Å². The number of carbonyl (C=O) groups excluding carboxylic acids is 1. The maximum Gasteiger partial charge on any atom is 0.387 e. The fraction of sp³-hybridized carbons (Fsp3) is 0.333. The van der Waals surface area contributed by atoms with Gasteiger partial charge in [0.2, 0.25) is 15.9 Å². The smallest absolute Gasteiger partial charge is 0.387 e. The van der Waals surface area contributed by atoms with Crippen molar-refractivity contribution < 1.29 is 26.7 Å². The van der Waals surface area contributed by atoms with Crippen molar-refractivity contribution in [3.05, 3.63) is 65.0 Å². The summed E-state index contributed by atoms with van der Waals surface area (Å²) in [5.74, 6) is -0.127. The SMILES string of the molecule is Cc1ccc(CC(=O)N2CC3=C(C2)CN(S(=O)(=O)c2ccc(OC(F)F)cc2)C3)cn1. The summed E-state index contributed by atoms with van der Waals surface area (Å²) in [4.78, 5) is 18.6. The summed E-state index contributed by atoms with van der Waals surface area (Å²) in [5.41, 5.74) is 3.58. The van der Waals surface area contributed by atoms with Gasteiger partial charge in [0.25, 0.3) is 0 Å². The number of halogens is 2. The highest BCUT2D eigenvalue weighted by atomic mass is 32.2. The van der Waals surface area contributed by atoms with E-state index in [-0.39, 0.29) is 36.1 Å². The van der Waals surface area contributed by atoms with Crippen LogP contribution in [0.15, 0.2) is 58.6 Å². The summed E-state index contributed by atoms with van der Waals surface area (Å²) in [6, 6.07) is 8.65. The molecule has 3 heterocycles. The highest BCUT2D eigenvalue weighted by molar-refractivity contribution is 7.89. The molecular weight excluding hydrogens is 428 g/mol. The first-order valence-corrected chi connectivity index (χ1v) is 11.1. The summed E-state index contributed by atoms with van der Waals surface area (Å²) in [5, 5.41) is 0. The highest BCUT2D eigenvalue weighted by Gasteiger charge is 2.37. The van der Waals surface area contributed by atoms with Crippen LogP contribution >= 0.6 is 0 Å². The molecule has 1 aromatic heterocycles. The van der Waals surface area contributed by atoms with Crippen molar-refractivity contribution in [3.63, 3.8) is 0 Å². The van der Waals surface area contributed by atoms with Gasteiger partial charge in [-0.05, 0) is 54.0 Å². The van der Waals surface area contributed by atoms with Gasteiger partial charge < -0.3 is 9.64 Å². The average molecular weight is 449 g/mol. The molecule has 0 N–H and O–H groups in total. The van der Waals surface area contributed by atoms with Gasteiger partial charge in [0, 0.05) is 38.1 Å². The molecule has 0 radical (unpaired) electrons. The van der Waals surface area contributed by atoms with Crippen LogP contribution in [0.4, 0.5) is 8.78 Å². The van der Waals surface area contributed by atoms with Crippen molar-refractivity contribution in [1.29, 1.82) is 0 Å². The molecular formula is C21H21F2N3O4S. The fourth-order valence-electron chi connectivity index (χ4n) is 3.72. The molecule has 0 atom stereocenters. The topological polar surface area (TPSA) is 79.8 Å². The van der Waals surface area contributed by atoms with Gasteiger partial charge in [-0.3, -0.25) is 9.78 Å². The van der Waals surface area contributed by atoms with Crippen molar-refractivity contribution in [2.24, 2.45) is 0 Å². The van der Waals surface area contributed by atoms with Gasteiger partial charge in [-0.2, -0.15) is 13.1 Å². The minimum absolute atomic E-state index is 0.00935. The van der Waals surface area contributed by atoms with Crippen LogP contribution in [0.3, 0.4) is 0 Å². The number of alkyl halides is 2. The van der Waals surface area contributed by atoms with E-state index >= 15 is 0 Å². The second-order valence-corrected chi connectivity index (χ2v) is 9.50. The van der Waals surface area contributed by atoms with E-state index in [0.717, 1.165) is 22.4 Å². The number of hydrogen-bond donors (Lipinski definition) is 0.